The van der Waals surface area contributed by atoms with Crippen LogP contribution in [0.15, 0.2) is 24.3 Å². The van der Waals surface area contributed by atoms with Crippen molar-refractivity contribution in [2.45, 2.75) is 26.2 Å². The van der Waals surface area contributed by atoms with Gasteiger partial charge in [0, 0.05) is 17.0 Å². The van der Waals surface area contributed by atoms with Gasteiger partial charge in [0.15, 0.2) is 0 Å². The standard InChI is InChI=1S/C15H19NO3/c1-3-4-5-8-19-12-7-6-11-9-14(15(17)18-2)16-13(11)10-12/h6-7,9-10,16H,3-5,8H2,1-2H3. The van der Waals surface area contributed by atoms with Crippen LogP contribution in [0.25, 0.3) is 10.9 Å². The van der Waals surface area contributed by atoms with Crippen molar-refractivity contribution in [1.29, 1.82) is 0 Å². The number of esters is 1. The Morgan fingerprint density at radius 1 is 1.26 bits per heavy atom. The minimum Gasteiger partial charge on any atom is -0.494 e. The zero-order chi connectivity index (χ0) is 13.7. The Bertz CT molecular complexity index is 560. The Morgan fingerprint density at radius 3 is 2.84 bits per heavy atom. The largest absolute Gasteiger partial charge is 0.494 e. The van der Waals surface area contributed by atoms with Crippen LogP contribution in [-0.4, -0.2) is 24.7 Å². The number of unbranched alkanes of at least 4 members (excludes halogenated alkanes) is 2. The van der Waals surface area contributed by atoms with Gasteiger partial charge in [-0.05, 0) is 24.6 Å². The smallest absolute Gasteiger partial charge is 0.354 e. The summed E-state index contributed by atoms with van der Waals surface area (Å²) in [5.41, 5.74) is 1.34. The van der Waals surface area contributed by atoms with Crippen molar-refractivity contribution in [2.75, 3.05) is 13.7 Å². The fourth-order valence-electron chi connectivity index (χ4n) is 1.96. The Hall–Kier alpha value is -1.97. The molecule has 2 rings (SSSR count). The number of aromatic amines is 1. The second kappa shape index (κ2) is 6.27. The first kappa shape index (κ1) is 13.5. The van der Waals surface area contributed by atoms with E-state index in [1.54, 1.807) is 6.07 Å². The molecule has 1 N–H and O–H groups in total. The van der Waals surface area contributed by atoms with Crippen LogP contribution >= 0.6 is 0 Å². The molecule has 0 saturated heterocycles. The zero-order valence-electron chi connectivity index (χ0n) is 11.4. The molecule has 1 aromatic carbocycles. The van der Waals surface area contributed by atoms with Crippen molar-refractivity contribution < 1.29 is 14.3 Å². The highest BCUT2D eigenvalue weighted by Gasteiger charge is 2.09. The first-order valence-corrected chi connectivity index (χ1v) is 6.58. The molecule has 0 amide bonds. The average molecular weight is 261 g/mol. The summed E-state index contributed by atoms with van der Waals surface area (Å²) in [7, 11) is 1.37. The van der Waals surface area contributed by atoms with Crippen molar-refractivity contribution in [3.63, 3.8) is 0 Å². The van der Waals surface area contributed by atoms with Crippen LogP contribution in [0, 0.1) is 0 Å². The van der Waals surface area contributed by atoms with Crippen molar-refractivity contribution in [3.8, 4) is 5.75 Å². The molecule has 1 aromatic heterocycles. The van der Waals surface area contributed by atoms with Crippen LogP contribution in [0.2, 0.25) is 0 Å². The lowest BCUT2D eigenvalue weighted by molar-refractivity contribution is 0.0595. The molecule has 0 spiro atoms. The number of hydrogen-bond donors (Lipinski definition) is 1. The molecule has 102 valence electrons. The Labute approximate surface area is 112 Å². The van der Waals surface area contributed by atoms with Gasteiger partial charge in [-0.3, -0.25) is 0 Å². The summed E-state index contributed by atoms with van der Waals surface area (Å²) in [6, 6.07) is 7.55. The summed E-state index contributed by atoms with van der Waals surface area (Å²) in [6.07, 6.45) is 3.42. The second-order valence-electron chi connectivity index (χ2n) is 4.48. The van der Waals surface area contributed by atoms with Gasteiger partial charge in [0.25, 0.3) is 0 Å². The van der Waals surface area contributed by atoms with Gasteiger partial charge in [-0.2, -0.15) is 0 Å². The number of methoxy groups -OCH3 is 1. The molecule has 0 atom stereocenters. The predicted octanol–water partition coefficient (Wildman–Crippen LogP) is 3.52. The van der Waals surface area contributed by atoms with Gasteiger partial charge >= 0.3 is 5.97 Å². The maximum Gasteiger partial charge on any atom is 0.354 e. The predicted molar refractivity (Wildman–Crippen MR) is 74.7 cm³/mol. The molecule has 0 radical (unpaired) electrons. The second-order valence-corrected chi connectivity index (χ2v) is 4.48. The topological polar surface area (TPSA) is 51.3 Å². The third kappa shape index (κ3) is 3.28. The lowest BCUT2D eigenvalue weighted by Crippen LogP contribution is -2.00. The highest BCUT2D eigenvalue weighted by atomic mass is 16.5. The van der Waals surface area contributed by atoms with Crippen molar-refractivity contribution in [2.24, 2.45) is 0 Å². The van der Waals surface area contributed by atoms with Gasteiger partial charge < -0.3 is 14.5 Å². The molecule has 0 aliphatic carbocycles. The van der Waals surface area contributed by atoms with E-state index >= 15 is 0 Å². The van der Waals surface area contributed by atoms with Crippen LogP contribution in [0.1, 0.15) is 36.7 Å². The van der Waals surface area contributed by atoms with Gasteiger partial charge in [0.05, 0.1) is 13.7 Å². The fourth-order valence-corrected chi connectivity index (χ4v) is 1.96. The summed E-state index contributed by atoms with van der Waals surface area (Å²) in [6.45, 7) is 2.89. The fraction of sp³-hybridized carbons (Fsp3) is 0.400. The molecule has 4 heteroatoms. The maximum atomic E-state index is 11.4. The van der Waals surface area contributed by atoms with Crippen molar-refractivity contribution in [1.82, 2.24) is 4.98 Å². The molecular weight excluding hydrogens is 242 g/mol. The normalized spacial score (nSPS) is 10.6. The van der Waals surface area contributed by atoms with Crippen LogP contribution in [0.4, 0.5) is 0 Å². The van der Waals surface area contributed by atoms with E-state index in [9.17, 15) is 4.79 Å². The van der Waals surface area contributed by atoms with Crippen LogP contribution in [-0.2, 0) is 4.74 Å². The summed E-state index contributed by atoms with van der Waals surface area (Å²) >= 11 is 0. The third-order valence-electron chi connectivity index (χ3n) is 3.02. The Balaban J connectivity index is 2.09. The van der Waals surface area contributed by atoms with Gasteiger partial charge in [-0.1, -0.05) is 19.8 Å². The molecule has 0 bridgehead atoms. The lowest BCUT2D eigenvalue weighted by atomic mass is 10.2. The summed E-state index contributed by atoms with van der Waals surface area (Å²) in [5.74, 6) is 0.462. The molecule has 2 aromatic rings. The minimum atomic E-state index is -0.360. The van der Waals surface area contributed by atoms with E-state index in [-0.39, 0.29) is 5.97 Å². The number of aromatic nitrogens is 1. The van der Waals surface area contributed by atoms with E-state index in [0.29, 0.717) is 5.69 Å². The number of hydrogen-bond acceptors (Lipinski definition) is 3. The molecular formula is C15H19NO3. The minimum absolute atomic E-state index is 0.360. The molecule has 0 unspecified atom stereocenters. The summed E-state index contributed by atoms with van der Waals surface area (Å²) in [4.78, 5) is 14.5. The number of rotatable bonds is 6. The van der Waals surface area contributed by atoms with Gasteiger partial charge in [-0.15, -0.1) is 0 Å². The summed E-state index contributed by atoms with van der Waals surface area (Å²) in [5, 5.41) is 0.973. The van der Waals surface area contributed by atoms with Gasteiger partial charge in [-0.25, -0.2) is 4.79 Å². The third-order valence-corrected chi connectivity index (χ3v) is 3.02. The van der Waals surface area contributed by atoms with E-state index in [0.717, 1.165) is 29.7 Å². The highest BCUT2D eigenvalue weighted by molar-refractivity contribution is 5.95. The van der Waals surface area contributed by atoms with Crippen molar-refractivity contribution >= 4 is 16.9 Å². The molecule has 0 aliphatic heterocycles. The quantitative estimate of drug-likeness (QED) is 0.639. The number of fused-ring (bicyclic) bond motifs is 1. The molecule has 0 aliphatic rings. The van der Waals surface area contributed by atoms with Crippen molar-refractivity contribution in [3.05, 3.63) is 30.0 Å². The van der Waals surface area contributed by atoms with E-state index in [4.69, 9.17) is 4.74 Å². The summed E-state index contributed by atoms with van der Waals surface area (Å²) < 4.78 is 10.4. The van der Waals surface area contributed by atoms with Gasteiger partial charge in [0.2, 0.25) is 0 Å². The van der Waals surface area contributed by atoms with Crippen LogP contribution in [0.5, 0.6) is 5.75 Å². The maximum absolute atomic E-state index is 11.4. The van der Waals surface area contributed by atoms with E-state index in [2.05, 4.69) is 16.6 Å². The number of ether oxygens (including phenoxy) is 2. The number of carbonyl (C=O) groups excluding carboxylic acids is 1. The molecule has 19 heavy (non-hydrogen) atoms. The first-order chi connectivity index (χ1) is 9.24. The number of benzene rings is 1. The molecule has 1 heterocycles. The molecule has 0 saturated carbocycles. The van der Waals surface area contributed by atoms with Crippen LogP contribution < -0.4 is 4.74 Å². The average Bonchev–Trinajstić information content (AvgIpc) is 2.85. The monoisotopic (exact) mass is 261 g/mol. The first-order valence-electron chi connectivity index (χ1n) is 6.58. The Kier molecular flexibility index (Phi) is 4.44. The van der Waals surface area contributed by atoms with E-state index < -0.39 is 0 Å². The van der Waals surface area contributed by atoms with E-state index in [1.165, 1.54) is 20.0 Å². The SMILES string of the molecule is CCCCCOc1ccc2cc(C(=O)OC)[nH]c2c1. The number of H-pyrrole nitrogens is 1. The van der Waals surface area contributed by atoms with Gasteiger partial charge in [0.1, 0.15) is 11.4 Å². The van der Waals surface area contributed by atoms with E-state index in [1.807, 2.05) is 18.2 Å². The lowest BCUT2D eigenvalue weighted by Gasteiger charge is -2.05. The molecule has 0 fully saturated rings. The Morgan fingerprint density at radius 2 is 2.11 bits per heavy atom. The molecule has 4 nitrogen and oxygen atoms in total. The number of carbonyl (C=O) groups is 1. The number of nitrogens with one attached hydrogen (secondary N) is 1. The van der Waals surface area contributed by atoms with Crippen LogP contribution in [0.3, 0.4) is 0 Å². The highest BCUT2D eigenvalue weighted by Crippen LogP contribution is 2.22. The zero-order valence-corrected chi connectivity index (χ0v) is 11.4.